The second-order valence-corrected chi connectivity index (χ2v) is 5.40. The second-order valence-electron chi connectivity index (χ2n) is 5.40. The zero-order chi connectivity index (χ0) is 12.9. The Morgan fingerprint density at radius 2 is 1.76 bits per heavy atom. The van der Waals surface area contributed by atoms with Crippen LogP contribution in [0.2, 0.25) is 0 Å². The van der Waals surface area contributed by atoms with Crippen LogP contribution in [-0.4, -0.2) is 35.1 Å². The van der Waals surface area contributed by atoms with Crippen molar-refractivity contribution in [2.45, 2.75) is 65.3 Å². The predicted octanol–water partition coefficient (Wildman–Crippen LogP) is 3.14. The fraction of sp³-hybridized carbons (Fsp3) is 0.929. The molecule has 17 heavy (non-hydrogen) atoms. The van der Waals surface area contributed by atoms with Gasteiger partial charge in [-0.1, -0.05) is 33.6 Å². The van der Waals surface area contributed by atoms with Crippen LogP contribution < -0.4 is 0 Å². The average molecular weight is 241 g/mol. The minimum Gasteiger partial charge on any atom is -0.481 e. The van der Waals surface area contributed by atoms with Gasteiger partial charge in [-0.25, -0.2) is 0 Å². The van der Waals surface area contributed by atoms with Gasteiger partial charge < -0.3 is 5.11 Å². The monoisotopic (exact) mass is 241 g/mol. The highest BCUT2D eigenvalue weighted by molar-refractivity contribution is 5.67. The van der Waals surface area contributed by atoms with E-state index in [-0.39, 0.29) is 6.04 Å². The first kappa shape index (κ1) is 14.5. The molecule has 0 saturated carbocycles. The molecular weight excluding hydrogens is 214 g/mol. The van der Waals surface area contributed by atoms with Crippen LogP contribution in [-0.2, 0) is 4.79 Å². The lowest BCUT2D eigenvalue weighted by Crippen LogP contribution is -2.45. The van der Waals surface area contributed by atoms with E-state index in [1.807, 2.05) is 0 Å². The molecule has 1 N–H and O–H groups in total. The summed E-state index contributed by atoms with van der Waals surface area (Å²) in [4.78, 5) is 13.2. The van der Waals surface area contributed by atoms with Crippen molar-refractivity contribution in [3.63, 3.8) is 0 Å². The molecule has 0 amide bonds. The minimum atomic E-state index is -0.667. The maximum absolute atomic E-state index is 10.8. The van der Waals surface area contributed by atoms with E-state index in [0.717, 1.165) is 19.5 Å². The summed E-state index contributed by atoms with van der Waals surface area (Å²) in [5.74, 6) is -0.667. The van der Waals surface area contributed by atoms with E-state index < -0.39 is 5.97 Å². The van der Waals surface area contributed by atoms with Crippen molar-refractivity contribution in [3.05, 3.63) is 0 Å². The van der Waals surface area contributed by atoms with Crippen LogP contribution in [0.25, 0.3) is 0 Å². The van der Waals surface area contributed by atoms with Crippen molar-refractivity contribution in [3.8, 4) is 0 Å². The highest BCUT2D eigenvalue weighted by Gasteiger charge is 2.33. The van der Waals surface area contributed by atoms with E-state index in [1.165, 1.54) is 25.7 Å². The third kappa shape index (κ3) is 3.70. The van der Waals surface area contributed by atoms with Crippen LogP contribution in [0.1, 0.15) is 59.3 Å². The fourth-order valence-electron chi connectivity index (χ4n) is 3.05. The lowest BCUT2D eigenvalue weighted by molar-refractivity contribution is -0.138. The van der Waals surface area contributed by atoms with Gasteiger partial charge in [-0.15, -0.1) is 0 Å². The largest absolute Gasteiger partial charge is 0.481 e. The van der Waals surface area contributed by atoms with Gasteiger partial charge in [0, 0.05) is 6.04 Å². The Labute approximate surface area is 105 Å². The first-order valence-corrected chi connectivity index (χ1v) is 7.02. The van der Waals surface area contributed by atoms with Gasteiger partial charge in [0.2, 0.25) is 0 Å². The number of carboxylic acid groups (broad SMARTS) is 1. The Balaban J connectivity index is 2.52. The Bertz CT molecular complexity index is 239. The van der Waals surface area contributed by atoms with Crippen molar-refractivity contribution in [2.75, 3.05) is 13.1 Å². The number of carboxylic acids is 1. The standard InChI is InChI=1S/C14H27NO2/c1-4-12(11-13(16)17)15-9-7-14(5-2,6-3)8-10-15/h12H,4-11H2,1-3H3,(H,16,17). The zero-order valence-corrected chi connectivity index (χ0v) is 11.5. The third-order valence-corrected chi connectivity index (χ3v) is 4.76. The van der Waals surface area contributed by atoms with Gasteiger partial charge in [-0.05, 0) is 37.8 Å². The van der Waals surface area contributed by atoms with Crippen LogP contribution >= 0.6 is 0 Å². The Morgan fingerprint density at radius 1 is 1.24 bits per heavy atom. The number of piperidine rings is 1. The SMILES string of the molecule is CCC(CC(=O)O)N1CCC(CC)(CC)CC1. The summed E-state index contributed by atoms with van der Waals surface area (Å²) in [6, 6.07) is 0.235. The van der Waals surface area contributed by atoms with Gasteiger partial charge in [0.15, 0.2) is 0 Å². The number of aliphatic carboxylic acids is 1. The smallest absolute Gasteiger partial charge is 0.304 e. The molecule has 0 aromatic carbocycles. The van der Waals surface area contributed by atoms with E-state index in [1.54, 1.807) is 0 Å². The summed E-state index contributed by atoms with van der Waals surface area (Å²) >= 11 is 0. The molecule has 1 aliphatic rings. The van der Waals surface area contributed by atoms with Crippen LogP contribution in [0.15, 0.2) is 0 Å². The molecule has 1 atom stereocenters. The van der Waals surface area contributed by atoms with Crippen LogP contribution in [0.5, 0.6) is 0 Å². The molecule has 0 aromatic heterocycles. The number of nitrogens with zero attached hydrogens (tertiary/aromatic N) is 1. The Morgan fingerprint density at radius 3 is 2.12 bits per heavy atom. The summed E-state index contributed by atoms with van der Waals surface area (Å²) in [7, 11) is 0. The summed E-state index contributed by atoms with van der Waals surface area (Å²) in [5, 5.41) is 8.91. The van der Waals surface area contributed by atoms with E-state index >= 15 is 0 Å². The first-order valence-electron chi connectivity index (χ1n) is 7.02. The third-order valence-electron chi connectivity index (χ3n) is 4.76. The Hall–Kier alpha value is -0.570. The van der Waals surface area contributed by atoms with Crippen LogP contribution in [0.4, 0.5) is 0 Å². The van der Waals surface area contributed by atoms with E-state index in [9.17, 15) is 4.79 Å². The molecule has 0 spiro atoms. The van der Waals surface area contributed by atoms with Gasteiger partial charge in [0.25, 0.3) is 0 Å². The maximum Gasteiger partial charge on any atom is 0.304 e. The fourth-order valence-corrected chi connectivity index (χ4v) is 3.05. The molecule has 0 aromatic rings. The van der Waals surface area contributed by atoms with Gasteiger partial charge >= 0.3 is 5.97 Å². The molecule has 0 radical (unpaired) electrons. The number of likely N-dealkylation sites (tertiary alicyclic amines) is 1. The van der Waals surface area contributed by atoms with Crippen molar-refractivity contribution < 1.29 is 9.90 Å². The molecule has 1 aliphatic heterocycles. The van der Waals surface area contributed by atoms with Crippen LogP contribution in [0.3, 0.4) is 0 Å². The van der Waals surface area contributed by atoms with E-state index in [4.69, 9.17) is 5.11 Å². The molecule has 1 saturated heterocycles. The molecule has 3 nitrogen and oxygen atoms in total. The lowest BCUT2D eigenvalue weighted by Gasteiger charge is -2.43. The summed E-state index contributed by atoms with van der Waals surface area (Å²) in [6.07, 6.45) is 6.21. The molecule has 100 valence electrons. The molecule has 1 fully saturated rings. The number of hydrogen-bond donors (Lipinski definition) is 1. The molecule has 0 bridgehead atoms. The van der Waals surface area contributed by atoms with Crippen molar-refractivity contribution in [1.82, 2.24) is 4.90 Å². The Kier molecular flexibility index (Phi) is 5.44. The van der Waals surface area contributed by atoms with Crippen molar-refractivity contribution in [2.24, 2.45) is 5.41 Å². The summed E-state index contributed by atoms with van der Waals surface area (Å²) in [5.41, 5.74) is 0.526. The molecule has 1 heterocycles. The molecular formula is C14H27NO2. The zero-order valence-electron chi connectivity index (χ0n) is 11.5. The van der Waals surface area contributed by atoms with E-state index in [0.29, 0.717) is 11.8 Å². The minimum absolute atomic E-state index is 0.235. The molecule has 0 aliphatic carbocycles. The van der Waals surface area contributed by atoms with Gasteiger partial charge in [0.1, 0.15) is 0 Å². The van der Waals surface area contributed by atoms with Crippen molar-refractivity contribution in [1.29, 1.82) is 0 Å². The lowest BCUT2D eigenvalue weighted by atomic mass is 9.74. The number of rotatable bonds is 6. The predicted molar refractivity (Wildman–Crippen MR) is 70.2 cm³/mol. The summed E-state index contributed by atoms with van der Waals surface area (Å²) in [6.45, 7) is 8.82. The molecule has 1 rings (SSSR count). The maximum atomic E-state index is 10.8. The second kappa shape index (κ2) is 6.39. The average Bonchev–Trinajstić information content (AvgIpc) is 2.36. The van der Waals surface area contributed by atoms with E-state index in [2.05, 4.69) is 25.7 Å². The van der Waals surface area contributed by atoms with Gasteiger partial charge in [0.05, 0.1) is 6.42 Å². The highest BCUT2D eigenvalue weighted by atomic mass is 16.4. The van der Waals surface area contributed by atoms with Gasteiger partial charge in [-0.3, -0.25) is 9.69 Å². The topological polar surface area (TPSA) is 40.5 Å². The highest BCUT2D eigenvalue weighted by Crippen LogP contribution is 2.38. The van der Waals surface area contributed by atoms with Crippen LogP contribution in [0, 0.1) is 5.41 Å². The quantitative estimate of drug-likeness (QED) is 0.776. The van der Waals surface area contributed by atoms with Gasteiger partial charge in [-0.2, -0.15) is 0 Å². The number of hydrogen-bond acceptors (Lipinski definition) is 2. The van der Waals surface area contributed by atoms with Crippen molar-refractivity contribution >= 4 is 5.97 Å². The first-order chi connectivity index (χ1) is 8.06. The number of carbonyl (C=O) groups is 1. The summed E-state index contributed by atoms with van der Waals surface area (Å²) < 4.78 is 0. The molecule has 3 heteroatoms. The molecule has 1 unspecified atom stereocenters. The normalized spacial score (nSPS) is 22.3.